The quantitative estimate of drug-likeness (QED) is 0.257. The Morgan fingerprint density at radius 2 is 1.48 bits per heavy atom. The zero-order valence-corrected chi connectivity index (χ0v) is 20.7. The number of rotatable bonds is 5. The maximum Gasteiger partial charge on any atom is 0.342 e. The van der Waals surface area contributed by atoms with Gasteiger partial charge in [0.15, 0.2) is 0 Å². The van der Waals surface area contributed by atoms with Gasteiger partial charge in [0.25, 0.3) is 11.8 Å². The molecular formula is C23H13BrCl3NO5. The van der Waals surface area contributed by atoms with Gasteiger partial charge in [0.05, 0.1) is 39.0 Å². The number of methoxy groups -OCH3 is 1. The van der Waals surface area contributed by atoms with E-state index < -0.39 is 17.8 Å². The van der Waals surface area contributed by atoms with E-state index >= 15 is 0 Å². The van der Waals surface area contributed by atoms with Crippen LogP contribution in [0.2, 0.25) is 15.1 Å². The number of hydrogen-bond acceptors (Lipinski definition) is 5. The van der Waals surface area contributed by atoms with E-state index in [1.807, 2.05) is 24.3 Å². The smallest absolute Gasteiger partial charge is 0.342 e. The molecule has 1 heterocycles. The minimum absolute atomic E-state index is 0.0157. The second kappa shape index (κ2) is 9.35. The van der Waals surface area contributed by atoms with E-state index in [0.29, 0.717) is 0 Å². The number of halogens is 4. The maximum atomic E-state index is 12.9. The van der Waals surface area contributed by atoms with Crippen LogP contribution in [-0.4, -0.2) is 24.9 Å². The Bertz CT molecular complexity index is 1270. The lowest BCUT2D eigenvalue weighted by molar-refractivity contribution is 0.0469. The number of imide groups is 1. The standard InChI is InChI=1S/C23H13BrCl3NO5/c1-32-20-9-19(28-21(29)13-6-16(25)17(26)7-14(13)22(28)30)18(27)8-15(20)23(31)33-10-11-2-4-12(24)5-3-11/h2-9H,10H2,1H3. The number of carbonyl (C=O) groups excluding carboxylic acids is 3. The average Bonchev–Trinajstić information content (AvgIpc) is 3.02. The van der Waals surface area contributed by atoms with Gasteiger partial charge in [-0.3, -0.25) is 9.59 Å². The fourth-order valence-corrected chi connectivity index (χ4v) is 4.14. The van der Waals surface area contributed by atoms with Crippen LogP contribution < -0.4 is 9.64 Å². The first-order chi connectivity index (χ1) is 15.7. The molecule has 0 saturated heterocycles. The van der Waals surface area contributed by atoms with Crippen LogP contribution in [0.25, 0.3) is 0 Å². The molecule has 1 aliphatic heterocycles. The number of fused-ring (bicyclic) bond motifs is 1. The van der Waals surface area contributed by atoms with E-state index in [0.717, 1.165) is 14.9 Å². The predicted octanol–water partition coefficient (Wildman–Crippen LogP) is 6.58. The van der Waals surface area contributed by atoms with Crippen molar-refractivity contribution in [3.8, 4) is 5.75 Å². The number of carbonyl (C=O) groups is 3. The molecule has 0 spiro atoms. The largest absolute Gasteiger partial charge is 0.496 e. The van der Waals surface area contributed by atoms with Crippen LogP contribution in [0.15, 0.2) is 53.0 Å². The van der Waals surface area contributed by atoms with E-state index in [1.54, 1.807) is 0 Å². The second-order valence-corrected chi connectivity index (χ2v) is 9.10. The molecule has 0 radical (unpaired) electrons. The summed E-state index contributed by atoms with van der Waals surface area (Å²) in [6.07, 6.45) is 0. The number of benzene rings is 3. The molecule has 33 heavy (non-hydrogen) atoms. The van der Waals surface area contributed by atoms with Crippen molar-refractivity contribution in [1.82, 2.24) is 0 Å². The highest BCUT2D eigenvalue weighted by atomic mass is 79.9. The lowest BCUT2D eigenvalue weighted by atomic mass is 10.1. The topological polar surface area (TPSA) is 72.9 Å². The summed E-state index contributed by atoms with van der Waals surface area (Å²) in [7, 11) is 1.35. The SMILES string of the molecule is COc1cc(N2C(=O)c3cc(Cl)c(Cl)cc3C2=O)c(Cl)cc1C(=O)OCc1ccc(Br)cc1. The van der Waals surface area contributed by atoms with Crippen LogP contribution in [0.3, 0.4) is 0 Å². The van der Waals surface area contributed by atoms with Crippen molar-refractivity contribution in [3.05, 3.63) is 90.3 Å². The first-order valence-corrected chi connectivity index (χ1v) is 11.3. The van der Waals surface area contributed by atoms with E-state index in [2.05, 4.69) is 15.9 Å². The first-order valence-electron chi connectivity index (χ1n) is 9.38. The summed E-state index contributed by atoms with van der Waals surface area (Å²) in [6, 6.07) is 12.6. The molecule has 10 heteroatoms. The van der Waals surface area contributed by atoms with Crippen molar-refractivity contribution in [2.24, 2.45) is 0 Å². The van der Waals surface area contributed by atoms with Gasteiger partial charge < -0.3 is 9.47 Å². The van der Waals surface area contributed by atoms with E-state index in [9.17, 15) is 14.4 Å². The van der Waals surface area contributed by atoms with Crippen molar-refractivity contribution in [1.29, 1.82) is 0 Å². The lowest BCUT2D eigenvalue weighted by Crippen LogP contribution is -2.29. The molecule has 4 rings (SSSR count). The summed E-state index contributed by atoms with van der Waals surface area (Å²) in [5.74, 6) is -1.84. The number of nitrogens with zero attached hydrogens (tertiary/aromatic N) is 1. The van der Waals surface area contributed by atoms with Crippen LogP contribution in [0.1, 0.15) is 36.6 Å². The van der Waals surface area contributed by atoms with Crippen LogP contribution in [0.4, 0.5) is 5.69 Å². The molecule has 1 aliphatic rings. The predicted molar refractivity (Wildman–Crippen MR) is 129 cm³/mol. The van der Waals surface area contributed by atoms with Crippen molar-refractivity contribution < 1.29 is 23.9 Å². The third kappa shape index (κ3) is 4.46. The summed E-state index contributed by atoms with van der Waals surface area (Å²) in [6.45, 7) is 0.0363. The second-order valence-electron chi connectivity index (χ2n) is 6.96. The molecular weight excluding hydrogens is 557 g/mol. The highest BCUT2D eigenvalue weighted by Gasteiger charge is 2.39. The number of anilines is 1. The molecule has 0 atom stereocenters. The summed E-state index contributed by atoms with van der Waals surface area (Å²) >= 11 is 21.7. The molecule has 3 aromatic carbocycles. The minimum Gasteiger partial charge on any atom is -0.496 e. The zero-order chi connectivity index (χ0) is 23.9. The van der Waals surface area contributed by atoms with Crippen LogP contribution >= 0.6 is 50.7 Å². The molecule has 2 amide bonds. The Kier molecular flexibility index (Phi) is 6.68. The van der Waals surface area contributed by atoms with Crippen molar-refractivity contribution >= 4 is 74.2 Å². The van der Waals surface area contributed by atoms with Crippen molar-refractivity contribution in [3.63, 3.8) is 0 Å². The van der Waals surface area contributed by atoms with Crippen molar-refractivity contribution in [2.45, 2.75) is 6.61 Å². The Morgan fingerprint density at radius 1 is 0.909 bits per heavy atom. The van der Waals surface area contributed by atoms with Gasteiger partial charge in [-0.25, -0.2) is 9.69 Å². The molecule has 0 saturated carbocycles. The number of amides is 2. The number of hydrogen-bond donors (Lipinski definition) is 0. The normalized spacial score (nSPS) is 12.7. The third-order valence-corrected chi connectivity index (χ3v) is 6.49. The Hall–Kier alpha value is -2.58. The van der Waals surface area contributed by atoms with Gasteiger partial charge in [0.2, 0.25) is 0 Å². The highest BCUT2D eigenvalue weighted by molar-refractivity contribution is 9.10. The van der Waals surface area contributed by atoms with Crippen LogP contribution in [-0.2, 0) is 11.3 Å². The molecule has 0 unspecified atom stereocenters. The summed E-state index contributed by atoms with van der Waals surface area (Å²) in [5.41, 5.74) is 1.09. The fourth-order valence-electron chi connectivity index (χ4n) is 3.30. The minimum atomic E-state index is -0.677. The Balaban J connectivity index is 1.64. The van der Waals surface area contributed by atoms with Gasteiger partial charge in [0, 0.05) is 10.5 Å². The van der Waals surface area contributed by atoms with Gasteiger partial charge in [0.1, 0.15) is 17.9 Å². The molecule has 0 N–H and O–H groups in total. The Labute approximate surface area is 212 Å². The Morgan fingerprint density at radius 3 is 2.03 bits per heavy atom. The van der Waals surface area contributed by atoms with Crippen LogP contribution in [0, 0.1) is 0 Å². The molecule has 168 valence electrons. The van der Waals surface area contributed by atoms with Gasteiger partial charge in [-0.05, 0) is 35.9 Å². The van der Waals surface area contributed by atoms with E-state index in [4.69, 9.17) is 44.3 Å². The van der Waals surface area contributed by atoms with Crippen molar-refractivity contribution in [2.75, 3.05) is 12.0 Å². The molecule has 0 bridgehead atoms. The van der Waals surface area contributed by atoms with Crippen LogP contribution in [0.5, 0.6) is 5.75 Å². The monoisotopic (exact) mass is 567 g/mol. The summed E-state index contributed by atoms with van der Waals surface area (Å²) in [5, 5.41) is 0.273. The van der Waals surface area contributed by atoms with Gasteiger partial charge in [-0.2, -0.15) is 0 Å². The maximum absolute atomic E-state index is 12.9. The molecule has 0 aliphatic carbocycles. The zero-order valence-electron chi connectivity index (χ0n) is 16.8. The number of ether oxygens (including phenoxy) is 2. The fraction of sp³-hybridized carbons (Fsp3) is 0.0870. The van der Waals surface area contributed by atoms with Gasteiger partial charge in [-0.15, -0.1) is 0 Å². The molecule has 3 aromatic rings. The number of esters is 1. The molecule has 0 fully saturated rings. The highest BCUT2D eigenvalue weighted by Crippen LogP contribution is 2.39. The van der Waals surface area contributed by atoms with Gasteiger partial charge in [-0.1, -0.05) is 62.9 Å². The van der Waals surface area contributed by atoms with Gasteiger partial charge >= 0.3 is 5.97 Å². The summed E-state index contributed by atoms with van der Waals surface area (Å²) < 4.78 is 11.6. The molecule has 0 aromatic heterocycles. The first kappa shape index (κ1) is 23.6. The lowest BCUT2D eigenvalue weighted by Gasteiger charge is -2.18. The third-order valence-electron chi connectivity index (χ3n) is 4.94. The average molecular weight is 570 g/mol. The van der Waals surface area contributed by atoms with E-state index in [-0.39, 0.29) is 49.8 Å². The molecule has 6 nitrogen and oxygen atoms in total. The summed E-state index contributed by atoms with van der Waals surface area (Å²) in [4.78, 5) is 39.4. The van der Waals surface area contributed by atoms with E-state index in [1.165, 1.54) is 31.4 Å².